The third-order valence-electron chi connectivity index (χ3n) is 3.59. The summed E-state index contributed by atoms with van der Waals surface area (Å²) < 4.78 is 22.6. The van der Waals surface area contributed by atoms with E-state index in [9.17, 15) is 13.2 Å². The Balaban J connectivity index is 0.00000392. The predicted molar refractivity (Wildman–Crippen MR) is 122 cm³/mol. The zero-order valence-electron chi connectivity index (χ0n) is 15.6. The molecule has 0 atom stereocenters. The summed E-state index contributed by atoms with van der Waals surface area (Å²) in [6.07, 6.45) is 0. The minimum atomic E-state index is -3.71. The highest BCUT2D eigenvalue weighted by Gasteiger charge is 2.08. The lowest BCUT2D eigenvalue weighted by Crippen LogP contribution is -2.42. The van der Waals surface area contributed by atoms with Crippen molar-refractivity contribution in [1.29, 1.82) is 0 Å². The smallest absolute Gasteiger partial charge is 0.241 e. The summed E-state index contributed by atoms with van der Waals surface area (Å²) in [4.78, 5) is 19.0. The van der Waals surface area contributed by atoms with Crippen LogP contribution in [0.4, 0.5) is 0 Å². The van der Waals surface area contributed by atoms with E-state index in [1.165, 1.54) is 17.0 Å². The molecule has 0 saturated heterocycles. The predicted octanol–water partition coefficient (Wildman–Crippen LogP) is 1.34. The average molecular weight is 537 g/mol. The number of guanidine groups is 1. The molecule has 28 heavy (non-hydrogen) atoms. The van der Waals surface area contributed by atoms with Crippen LogP contribution in [0.5, 0.6) is 0 Å². The lowest BCUT2D eigenvalue weighted by molar-refractivity contribution is -0.127. The Labute approximate surface area is 186 Å². The molecule has 0 aliphatic rings. The van der Waals surface area contributed by atoms with E-state index in [-0.39, 0.29) is 41.3 Å². The zero-order chi connectivity index (χ0) is 19.9. The summed E-state index contributed by atoms with van der Waals surface area (Å²) in [6.45, 7) is 1.03. The van der Waals surface area contributed by atoms with Crippen molar-refractivity contribution in [3.8, 4) is 0 Å². The monoisotopic (exact) mass is 537 g/mol. The highest BCUT2D eigenvalue weighted by molar-refractivity contribution is 14.0. The van der Waals surface area contributed by atoms with Crippen molar-refractivity contribution in [3.05, 3.63) is 52.2 Å². The summed E-state index contributed by atoms with van der Waals surface area (Å²) in [5, 5.41) is 13.3. The number of carbonyl (C=O) groups is 1. The van der Waals surface area contributed by atoms with Gasteiger partial charge in [-0.15, -0.1) is 35.3 Å². The number of nitrogens with zero attached hydrogens (tertiary/aromatic N) is 2. The van der Waals surface area contributed by atoms with E-state index in [2.05, 4.69) is 15.6 Å². The highest BCUT2D eigenvalue weighted by atomic mass is 127. The van der Waals surface area contributed by atoms with Gasteiger partial charge in [0, 0.05) is 19.0 Å². The van der Waals surface area contributed by atoms with Crippen LogP contribution in [0.3, 0.4) is 0 Å². The second-order valence-electron chi connectivity index (χ2n) is 5.93. The van der Waals surface area contributed by atoms with E-state index < -0.39 is 10.0 Å². The Bertz CT molecular complexity index is 882. The van der Waals surface area contributed by atoms with Crippen LogP contribution in [0.1, 0.15) is 10.4 Å². The van der Waals surface area contributed by atoms with Crippen molar-refractivity contribution >= 4 is 57.2 Å². The second-order valence-corrected chi connectivity index (χ2v) is 8.52. The molecule has 0 unspecified atom stereocenters. The van der Waals surface area contributed by atoms with Gasteiger partial charge in [0.1, 0.15) is 0 Å². The van der Waals surface area contributed by atoms with Crippen LogP contribution in [-0.4, -0.2) is 45.8 Å². The molecule has 154 valence electrons. The topological polar surface area (TPSA) is 117 Å². The number of benzene rings is 1. The molecule has 1 aromatic carbocycles. The van der Waals surface area contributed by atoms with Gasteiger partial charge in [-0.3, -0.25) is 4.79 Å². The number of rotatable bonds is 7. The van der Waals surface area contributed by atoms with Gasteiger partial charge in [0.05, 0.1) is 24.5 Å². The van der Waals surface area contributed by atoms with Crippen molar-refractivity contribution in [2.75, 3.05) is 20.6 Å². The number of likely N-dealkylation sites (N-methyl/N-ethyl adjacent to an activating group) is 1. The second kappa shape index (κ2) is 11.3. The summed E-state index contributed by atoms with van der Waals surface area (Å²) in [5.41, 5.74) is 0.818. The van der Waals surface area contributed by atoms with Crippen LogP contribution >= 0.6 is 35.3 Å². The van der Waals surface area contributed by atoms with Gasteiger partial charge in [-0.2, -0.15) is 0 Å². The lowest BCUT2D eigenvalue weighted by atomic mass is 10.2. The maximum Gasteiger partial charge on any atom is 0.241 e. The quantitative estimate of drug-likeness (QED) is 0.280. The molecule has 0 fully saturated rings. The number of amides is 1. The molecule has 2 rings (SSSR count). The minimum Gasteiger partial charge on any atom is -0.351 e. The first-order valence-electron chi connectivity index (χ1n) is 8.12. The van der Waals surface area contributed by atoms with E-state index in [4.69, 9.17) is 5.14 Å². The third-order valence-corrected chi connectivity index (χ3v) is 5.39. The number of nitrogens with two attached hydrogens (primary N) is 1. The number of hydrogen-bond acceptors (Lipinski definition) is 5. The van der Waals surface area contributed by atoms with Gasteiger partial charge in [0.15, 0.2) is 5.96 Å². The molecule has 0 aliphatic heterocycles. The molecule has 1 heterocycles. The standard InChI is InChI=1S/C17H23N5O3S2.HI/c1-22(2)16(23)12-21-17(20-11-14-4-3-9-26-14)19-10-13-5-7-15(8-6-13)27(18,24)25;/h3-9H,10-12H2,1-2H3,(H2,18,24,25)(H2,19,20,21);1H. The Morgan fingerprint density at radius 2 is 1.86 bits per heavy atom. The fourth-order valence-corrected chi connectivity index (χ4v) is 3.19. The normalized spacial score (nSPS) is 11.5. The average Bonchev–Trinajstić information content (AvgIpc) is 3.13. The van der Waals surface area contributed by atoms with Crippen LogP contribution in [-0.2, 0) is 27.9 Å². The van der Waals surface area contributed by atoms with Crippen molar-refractivity contribution in [2.45, 2.75) is 18.0 Å². The van der Waals surface area contributed by atoms with Gasteiger partial charge in [0.25, 0.3) is 0 Å². The molecule has 0 spiro atoms. The molecule has 4 N–H and O–H groups in total. The largest absolute Gasteiger partial charge is 0.351 e. The number of carbonyl (C=O) groups excluding carboxylic acids is 1. The Hall–Kier alpha value is -1.70. The Morgan fingerprint density at radius 1 is 1.18 bits per heavy atom. The number of sulfonamides is 1. The van der Waals surface area contributed by atoms with E-state index in [1.54, 1.807) is 37.6 Å². The van der Waals surface area contributed by atoms with Crippen molar-refractivity contribution in [2.24, 2.45) is 10.1 Å². The van der Waals surface area contributed by atoms with Crippen LogP contribution < -0.4 is 15.8 Å². The van der Waals surface area contributed by atoms with E-state index >= 15 is 0 Å². The number of aliphatic imine (C=N–C) groups is 1. The number of halogens is 1. The summed E-state index contributed by atoms with van der Waals surface area (Å²) in [7, 11) is -0.337. The molecule has 0 radical (unpaired) electrons. The molecule has 2 aromatic rings. The molecule has 8 nitrogen and oxygen atoms in total. The fourth-order valence-electron chi connectivity index (χ4n) is 2.03. The first kappa shape index (κ1) is 24.3. The van der Waals surface area contributed by atoms with Crippen LogP contribution in [0.2, 0.25) is 0 Å². The first-order chi connectivity index (χ1) is 12.8. The maximum atomic E-state index is 11.8. The van der Waals surface area contributed by atoms with Gasteiger partial charge < -0.3 is 15.5 Å². The SMILES string of the molecule is CN(C)C(=O)CNC(=NCc1ccc(S(N)(=O)=O)cc1)NCc1cccs1.I. The summed E-state index contributed by atoms with van der Waals surface area (Å²) >= 11 is 1.62. The van der Waals surface area contributed by atoms with Gasteiger partial charge in [-0.05, 0) is 29.1 Å². The molecule has 11 heteroatoms. The molecule has 0 aliphatic carbocycles. The maximum absolute atomic E-state index is 11.8. The third kappa shape index (κ3) is 8.12. The molecule has 1 amide bonds. The lowest BCUT2D eigenvalue weighted by Gasteiger charge is -2.14. The van der Waals surface area contributed by atoms with Crippen molar-refractivity contribution in [1.82, 2.24) is 15.5 Å². The molecular formula is C17H24IN5O3S2. The number of primary sulfonamides is 1. The fraction of sp³-hybridized carbons (Fsp3) is 0.294. The zero-order valence-corrected chi connectivity index (χ0v) is 19.5. The van der Waals surface area contributed by atoms with E-state index in [0.29, 0.717) is 19.0 Å². The minimum absolute atomic E-state index is 0. The summed E-state index contributed by atoms with van der Waals surface area (Å²) in [5.74, 6) is 0.423. The highest BCUT2D eigenvalue weighted by Crippen LogP contribution is 2.10. The van der Waals surface area contributed by atoms with E-state index in [1.807, 2.05) is 17.5 Å². The first-order valence-corrected chi connectivity index (χ1v) is 10.5. The number of hydrogen-bond donors (Lipinski definition) is 3. The molecule has 0 saturated carbocycles. The van der Waals surface area contributed by atoms with Gasteiger partial charge in [0.2, 0.25) is 15.9 Å². The molecule has 1 aromatic heterocycles. The number of nitrogens with one attached hydrogen (secondary N) is 2. The van der Waals surface area contributed by atoms with Crippen LogP contribution in [0.25, 0.3) is 0 Å². The van der Waals surface area contributed by atoms with Crippen LogP contribution in [0.15, 0.2) is 51.7 Å². The van der Waals surface area contributed by atoms with Gasteiger partial charge >= 0.3 is 0 Å². The Morgan fingerprint density at radius 3 is 2.39 bits per heavy atom. The Kier molecular flexibility index (Phi) is 9.85. The van der Waals surface area contributed by atoms with Gasteiger partial charge in [-0.25, -0.2) is 18.5 Å². The van der Waals surface area contributed by atoms with E-state index in [0.717, 1.165) is 10.4 Å². The van der Waals surface area contributed by atoms with Crippen LogP contribution in [0, 0.1) is 0 Å². The van der Waals surface area contributed by atoms with Crippen molar-refractivity contribution < 1.29 is 13.2 Å². The number of thiophene rings is 1. The molecule has 0 bridgehead atoms. The van der Waals surface area contributed by atoms with Crippen molar-refractivity contribution in [3.63, 3.8) is 0 Å². The summed E-state index contributed by atoms with van der Waals surface area (Å²) in [6, 6.07) is 10.2. The molecular weight excluding hydrogens is 513 g/mol. The van der Waals surface area contributed by atoms with Gasteiger partial charge in [-0.1, -0.05) is 18.2 Å².